The topological polar surface area (TPSA) is 123 Å². The first kappa shape index (κ1) is 70.4. The molecule has 0 aromatic heterocycles. The molecule has 0 bridgehead atoms. The lowest BCUT2D eigenvalue weighted by molar-refractivity contribution is -0.138. The molecule has 0 spiro atoms. The number of aliphatic hydroxyl groups is 1. The van der Waals surface area contributed by atoms with Gasteiger partial charge in [-0.25, -0.2) is 4.79 Å². The van der Waals surface area contributed by atoms with Crippen LogP contribution in [-0.4, -0.2) is 122 Å². The van der Waals surface area contributed by atoms with Gasteiger partial charge in [-0.3, -0.25) is 9.59 Å². The van der Waals surface area contributed by atoms with E-state index in [-0.39, 0.29) is 46.3 Å². The lowest BCUT2D eigenvalue weighted by atomic mass is 10.5. The number of methoxy groups -OCH3 is 1. The molecule has 3 amide bonds. The molecule has 0 fully saturated rings. The number of amides is 3. The standard InChI is InChI=1S/C4H9NO.C3H8N2O.C3H9N.C3H6O2.C3H8O.C2H7N.C2H6S2.C2H5.3CH4/c1-4(6)5(2)3;1-4-3(6)5-2;1-4(2)3;1-3(4)5-2;1-3(2)4;1-3-2;1-3-4-2;1-2;;;/h1-3H3;1-2H3,(H2,4,5,6);1-3H3;1-2H3;3-4H,1-2H3;3H,1-2H3;1-2H3;1H2,2H3;3*1H4/q;;;;;;;+1;;;. The van der Waals surface area contributed by atoms with Crippen LogP contribution in [0.1, 0.15) is 56.9 Å². The molecule has 0 atom stereocenters. The van der Waals surface area contributed by atoms with Crippen LogP contribution in [0.2, 0.25) is 0 Å². The van der Waals surface area contributed by atoms with E-state index in [0.29, 0.717) is 0 Å². The van der Waals surface area contributed by atoms with Gasteiger partial charge in [0.15, 0.2) is 0 Å². The quantitative estimate of drug-likeness (QED) is 0.199. The molecule has 0 unspecified atom stereocenters. The van der Waals surface area contributed by atoms with Gasteiger partial charge in [-0.05, 0) is 61.6 Å². The van der Waals surface area contributed by atoms with Gasteiger partial charge in [0, 0.05) is 48.1 Å². The molecular weight excluding hydrogens is 514 g/mol. The summed E-state index contributed by atoms with van der Waals surface area (Å²) >= 11 is 0. The van der Waals surface area contributed by atoms with Gasteiger partial charge in [0.1, 0.15) is 0 Å². The Morgan fingerprint density at radius 2 is 0.946 bits per heavy atom. The van der Waals surface area contributed by atoms with Crippen molar-refractivity contribution in [1.82, 2.24) is 25.8 Å². The number of ether oxygens (including phenoxy) is 1. The van der Waals surface area contributed by atoms with Crippen molar-refractivity contribution in [3.63, 3.8) is 0 Å². The van der Waals surface area contributed by atoms with Gasteiger partial charge in [-0.1, -0.05) is 43.9 Å². The summed E-state index contributed by atoms with van der Waals surface area (Å²) < 4.78 is 4.11. The molecule has 0 saturated carbocycles. The number of rotatable bonds is 1. The van der Waals surface area contributed by atoms with E-state index in [1.165, 1.54) is 25.9 Å². The summed E-state index contributed by atoms with van der Waals surface area (Å²) in [5, 5.41) is 15.5. The number of carbonyl (C=O) groups is 3. The number of esters is 1. The number of aliphatic hydroxyl groups excluding tert-OH is 1. The minimum atomic E-state index is -0.245. The Balaban J connectivity index is -0.0000000233. The van der Waals surface area contributed by atoms with Gasteiger partial charge < -0.3 is 35.6 Å². The Labute approximate surface area is 242 Å². The van der Waals surface area contributed by atoms with Crippen molar-refractivity contribution in [3.8, 4) is 0 Å². The summed E-state index contributed by atoms with van der Waals surface area (Å²) in [7, 11) is 21.2. The van der Waals surface area contributed by atoms with Crippen LogP contribution >= 0.6 is 21.6 Å². The van der Waals surface area contributed by atoms with Crippen molar-refractivity contribution in [3.05, 3.63) is 6.92 Å². The van der Waals surface area contributed by atoms with Crippen LogP contribution in [0.15, 0.2) is 0 Å². The van der Waals surface area contributed by atoms with Gasteiger partial charge in [0.05, 0.1) is 21.0 Å². The summed E-state index contributed by atoms with van der Waals surface area (Å²) in [4.78, 5) is 33.1. The summed E-state index contributed by atoms with van der Waals surface area (Å²) in [5.41, 5.74) is 0. The maximum Gasteiger partial charge on any atom is 0.314 e. The molecule has 4 N–H and O–H groups in total. The minimum Gasteiger partial charge on any atom is -0.469 e. The predicted molar refractivity (Wildman–Crippen MR) is 176 cm³/mol. The maximum absolute atomic E-state index is 10.1. The van der Waals surface area contributed by atoms with E-state index in [1.807, 2.05) is 40.1 Å². The van der Waals surface area contributed by atoms with Gasteiger partial charge in [-0.2, -0.15) is 0 Å². The molecule has 10 nitrogen and oxygen atoms in total. The van der Waals surface area contributed by atoms with Crippen molar-refractivity contribution in [2.45, 2.75) is 63.0 Å². The number of hydrogen-bond acceptors (Lipinski definition) is 9. The van der Waals surface area contributed by atoms with Crippen molar-refractivity contribution in [1.29, 1.82) is 0 Å². The van der Waals surface area contributed by atoms with Crippen LogP contribution in [0.25, 0.3) is 0 Å². The third kappa shape index (κ3) is 396. The zero-order valence-electron chi connectivity index (χ0n) is 25.1. The minimum absolute atomic E-state index is 0. The highest BCUT2D eigenvalue weighted by Gasteiger charge is 1.87. The largest absolute Gasteiger partial charge is 0.469 e. The van der Waals surface area contributed by atoms with E-state index in [0.717, 1.165) is 0 Å². The summed E-state index contributed by atoms with van der Waals surface area (Å²) in [5.74, 6) is -0.153. The number of nitrogens with zero attached hydrogens (tertiary/aromatic N) is 2. The Bertz CT molecular complexity index is 345. The van der Waals surface area contributed by atoms with Crippen molar-refractivity contribution < 1.29 is 24.2 Å². The second-order valence-corrected chi connectivity index (χ2v) is 8.87. The average molecular weight is 585 g/mol. The monoisotopic (exact) mass is 584 g/mol. The van der Waals surface area contributed by atoms with Crippen LogP contribution in [0.3, 0.4) is 0 Å². The highest BCUT2D eigenvalue weighted by molar-refractivity contribution is 8.76. The fraction of sp³-hybridized carbons (Fsp3) is 0.840. The zero-order valence-corrected chi connectivity index (χ0v) is 26.7. The van der Waals surface area contributed by atoms with E-state index in [1.54, 1.807) is 70.5 Å². The maximum atomic E-state index is 10.1. The molecule has 236 valence electrons. The molecule has 37 heavy (non-hydrogen) atoms. The summed E-state index contributed by atoms with van der Waals surface area (Å²) in [6, 6.07) is -0.157. The number of nitrogens with one attached hydrogen (secondary N) is 3. The molecule has 12 heteroatoms. The lowest BCUT2D eigenvalue weighted by Crippen LogP contribution is -2.28. The van der Waals surface area contributed by atoms with Gasteiger partial charge in [-0.15, -0.1) is 0 Å². The predicted octanol–water partition coefficient (Wildman–Crippen LogP) is 4.60. The molecule has 0 aromatic carbocycles. The second kappa shape index (κ2) is 76.5. The van der Waals surface area contributed by atoms with E-state index >= 15 is 0 Å². The SMILES string of the molecule is C.C.C.CC(=O)N(C)C.CC(C)O.CN(C)C.CNC.CNC(=O)NC.COC(C)=O.CSSC.[CH2+]C. The fourth-order valence-corrected chi connectivity index (χ4v) is 0.125. The first-order valence-corrected chi connectivity index (χ1v) is 13.3. The molecule has 0 aromatic rings. The van der Waals surface area contributed by atoms with Crippen LogP contribution in [0.4, 0.5) is 4.79 Å². The smallest absolute Gasteiger partial charge is 0.314 e. The number of urea groups is 1. The fourth-order valence-electron chi connectivity index (χ4n) is 0.125. The van der Waals surface area contributed by atoms with Gasteiger partial charge in [0.25, 0.3) is 0 Å². The lowest BCUT2D eigenvalue weighted by Gasteiger charge is -2.02. The molecule has 0 aliphatic heterocycles. The second-order valence-electron chi connectivity index (χ2n) is 6.21. The molecule has 0 aliphatic carbocycles. The van der Waals surface area contributed by atoms with Crippen molar-refractivity contribution in [2.24, 2.45) is 0 Å². The summed E-state index contributed by atoms with van der Waals surface area (Å²) in [6.45, 7) is 11.3. The number of hydrogen-bond donors (Lipinski definition) is 4. The average Bonchev–Trinajstić information content (AvgIpc) is 2.75. The van der Waals surface area contributed by atoms with Gasteiger partial charge >= 0.3 is 12.0 Å². The highest BCUT2D eigenvalue weighted by atomic mass is 33.1. The third-order valence-electron chi connectivity index (χ3n) is 1.54. The summed E-state index contributed by atoms with van der Waals surface area (Å²) in [6.07, 6.45) is 3.95. The first-order valence-electron chi connectivity index (χ1n) is 10.3. The van der Waals surface area contributed by atoms with E-state index in [4.69, 9.17) is 5.11 Å². The van der Waals surface area contributed by atoms with E-state index in [9.17, 15) is 14.4 Å². The van der Waals surface area contributed by atoms with Crippen LogP contribution in [-0.2, 0) is 14.3 Å². The van der Waals surface area contributed by atoms with Crippen LogP contribution in [0, 0.1) is 6.92 Å². The Hall–Kier alpha value is -1.34. The normalized spacial score (nSPS) is 6.70. The molecule has 0 aliphatic rings. The van der Waals surface area contributed by atoms with Crippen LogP contribution in [0.5, 0.6) is 0 Å². The van der Waals surface area contributed by atoms with E-state index < -0.39 is 0 Å². The number of carbonyl (C=O) groups excluding carboxylic acids is 3. The first-order chi connectivity index (χ1) is 15.5. The van der Waals surface area contributed by atoms with E-state index in [2.05, 4.69) is 40.1 Å². The van der Waals surface area contributed by atoms with Crippen molar-refractivity contribution in [2.75, 3.05) is 83.1 Å². The van der Waals surface area contributed by atoms with Crippen LogP contribution < -0.4 is 16.0 Å². The Morgan fingerprint density at radius 1 is 0.811 bits per heavy atom. The molecule has 0 rings (SSSR count). The van der Waals surface area contributed by atoms with Crippen molar-refractivity contribution >= 4 is 39.5 Å². The zero-order chi connectivity index (χ0) is 29.7. The molecule has 0 saturated heterocycles. The Morgan fingerprint density at radius 3 is 0.946 bits per heavy atom. The third-order valence-corrected chi connectivity index (χ3v) is 2.87. The molecule has 0 radical (unpaired) electrons. The molecular formula is C25H70N5O5S2+. The van der Waals surface area contributed by atoms with Gasteiger partial charge in [0.2, 0.25) is 5.91 Å². The molecule has 0 heterocycles. The Kier molecular flexibility index (Phi) is 146. The highest BCUT2D eigenvalue weighted by Crippen LogP contribution is 2.09.